The van der Waals surface area contributed by atoms with Gasteiger partial charge in [0, 0.05) is 0 Å². The van der Waals surface area contributed by atoms with E-state index in [-0.39, 0.29) is 0 Å². The molecule has 2 saturated carbocycles. The molecule has 1 aliphatic heterocycles. The van der Waals surface area contributed by atoms with Crippen LogP contribution >= 0.6 is 0 Å². The fraction of sp³-hybridized carbons (Fsp3) is 0.724. The first-order valence-electron chi connectivity index (χ1n) is 13.4. The van der Waals surface area contributed by atoms with E-state index in [4.69, 9.17) is 0 Å². The summed E-state index contributed by atoms with van der Waals surface area (Å²) in [5.41, 5.74) is 5.68. The van der Waals surface area contributed by atoms with Crippen molar-refractivity contribution in [2.24, 2.45) is 35.5 Å². The van der Waals surface area contributed by atoms with Gasteiger partial charge in [-0.3, -0.25) is 0 Å². The molecule has 8 atom stereocenters. The van der Waals surface area contributed by atoms with E-state index in [2.05, 4.69) is 64.2 Å². The van der Waals surface area contributed by atoms with Crippen molar-refractivity contribution in [2.45, 2.75) is 95.8 Å². The van der Waals surface area contributed by atoms with E-state index >= 15 is 0 Å². The molecule has 0 bridgehead atoms. The number of fused-ring (bicyclic) bond motifs is 2. The Morgan fingerprint density at radius 3 is 1.53 bits per heavy atom. The smallest absolute Gasteiger partial charge is 0.0615 e. The molecule has 0 amide bonds. The molecule has 5 aliphatic rings. The van der Waals surface area contributed by atoms with Gasteiger partial charge in [-0.25, -0.2) is 0 Å². The average molecular weight is 421 g/mol. The van der Waals surface area contributed by atoms with E-state index in [1.165, 1.54) is 38.5 Å². The lowest BCUT2D eigenvalue weighted by atomic mass is 9.83. The van der Waals surface area contributed by atoms with Crippen LogP contribution in [0.4, 0.5) is 0 Å². The molecule has 1 saturated heterocycles. The van der Waals surface area contributed by atoms with Crippen LogP contribution in [0.5, 0.6) is 0 Å². The summed E-state index contributed by atoms with van der Waals surface area (Å²) in [5.74, 6) is 5.51. The van der Waals surface area contributed by atoms with E-state index in [0.29, 0.717) is 0 Å². The Labute approximate surface area is 187 Å². The van der Waals surface area contributed by atoms with Gasteiger partial charge in [-0.2, -0.15) is 0 Å². The van der Waals surface area contributed by atoms with E-state index in [9.17, 15) is 0 Å². The molecule has 1 heteroatoms. The summed E-state index contributed by atoms with van der Waals surface area (Å²) in [6.07, 6.45) is 25.2. The molecule has 0 aromatic rings. The maximum atomic E-state index is 2.69. The van der Waals surface area contributed by atoms with E-state index in [1.807, 2.05) is 0 Å². The van der Waals surface area contributed by atoms with Gasteiger partial charge in [0.1, 0.15) is 0 Å². The van der Waals surface area contributed by atoms with Crippen molar-refractivity contribution in [1.82, 2.24) is 0 Å². The van der Waals surface area contributed by atoms with Crippen molar-refractivity contribution >= 4 is 8.07 Å². The third kappa shape index (κ3) is 2.97. The highest BCUT2D eigenvalue weighted by Gasteiger charge is 2.64. The lowest BCUT2D eigenvalue weighted by molar-refractivity contribution is 0.428. The van der Waals surface area contributed by atoms with Crippen molar-refractivity contribution in [3.63, 3.8) is 0 Å². The fourth-order valence-corrected chi connectivity index (χ4v) is 17.1. The van der Waals surface area contributed by atoms with E-state index in [0.717, 1.165) is 46.6 Å². The predicted molar refractivity (Wildman–Crippen MR) is 133 cm³/mol. The molecule has 0 aromatic carbocycles. The minimum absolute atomic E-state index is 0.880. The quantitative estimate of drug-likeness (QED) is 0.377. The van der Waals surface area contributed by atoms with Gasteiger partial charge in [-0.1, -0.05) is 107 Å². The molecule has 0 nitrogen and oxygen atoms in total. The summed E-state index contributed by atoms with van der Waals surface area (Å²) in [4.78, 5) is 0. The third-order valence-electron chi connectivity index (χ3n) is 10.6. The highest BCUT2D eigenvalue weighted by atomic mass is 28.3. The van der Waals surface area contributed by atoms with Crippen LogP contribution in [0, 0.1) is 35.5 Å². The Kier molecular flexibility index (Phi) is 5.80. The zero-order valence-electron chi connectivity index (χ0n) is 19.9. The second-order valence-electron chi connectivity index (χ2n) is 11.3. The normalized spacial score (nSPS) is 43.6. The molecule has 8 unspecified atom stereocenters. The Balaban J connectivity index is 1.53. The number of rotatable bonds is 6. The van der Waals surface area contributed by atoms with Crippen molar-refractivity contribution in [2.75, 3.05) is 0 Å². The largest absolute Gasteiger partial charge is 0.0808 e. The van der Waals surface area contributed by atoms with Crippen LogP contribution in [0.1, 0.15) is 72.6 Å². The van der Waals surface area contributed by atoms with Crippen LogP contribution in [0.15, 0.2) is 47.6 Å². The van der Waals surface area contributed by atoms with Crippen molar-refractivity contribution in [3.8, 4) is 0 Å². The van der Waals surface area contributed by atoms with Crippen LogP contribution in [-0.4, -0.2) is 8.07 Å². The highest BCUT2D eigenvalue weighted by molar-refractivity contribution is 6.85. The molecule has 30 heavy (non-hydrogen) atoms. The Morgan fingerprint density at radius 2 is 1.20 bits per heavy atom. The SMILES string of the molecule is CCC1=CC=CC2C1CC(CC)C2[Si]1(C2C(CC)CC3C(CC)=CC=CC32)CCC1. The van der Waals surface area contributed by atoms with Gasteiger partial charge in [-0.15, -0.1) is 0 Å². The van der Waals surface area contributed by atoms with Gasteiger partial charge in [-0.05, 0) is 72.3 Å². The van der Waals surface area contributed by atoms with Crippen LogP contribution in [0.2, 0.25) is 23.2 Å². The van der Waals surface area contributed by atoms with E-state index in [1.54, 1.807) is 29.7 Å². The molecule has 0 radical (unpaired) electrons. The van der Waals surface area contributed by atoms with Crippen molar-refractivity contribution in [1.29, 1.82) is 0 Å². The van der Waals surface area contributed by atoms with E-state index < -0.39 is 8.07 Å². The Morgan fingerprint density at radius 1 is 0.733 bits per heavy atom. The maximum absolute atomic E-state index is 2.69. The first kappa shape index (κ1) is 21.0. The maximum Gasteiger partial charge on any atom is 0.0615 e. The number of allylic oxidation sites excluding steroid dienone is 8. The summed E-state index contributed by atoms with van der Waals surface area (Å²) in [5, 5.41) is 0. The molecule has 1 heterocycles. The van der Waals surface area contributed by atoms with Gasteiger partial charge in [0.05, 0.1) is 8.07 Å². The second-order valence-corrected chi connectivity index (χ2v) is 16.1. The second kappa shape index (κ2) is 8.27. The molecule has 0 spiro atoms. The summed E-state index contributed by atoms with van der Waals surface area (Å²) >= 11 is 0. The molecule has 0 N–H and O–H groups in total. The summed E-state index contributed by atoms with van der Waals surface area (Å²) in [7, 11) is -1.30. The fourth-order valence-electron chi connectivity index (χ4n) is 9.34. The number of hydrogen-bond acceptors (Lipinski definition) is 0. The van der Waals surface area contributed by atoms with Crippen LogP contribution < -0.4 is 0 Å². The zero-order chi connectivity index (χ0) is 20.9. The topological polar surface area (TPSA) is 0 Å². The molecule has 3 fully saturated rings. The molecule has 5 rings (SSSR count). The molecular weight excluding hydrogens is 376 g/mol. The van der Waals surface area contributed by atoms with Crippen LogP contribution in [-0.2, 0) is 0 Å². The Hall–Kier alpha value is -0.823. The minimum Gasteiger partial charge on any atom is -0.0808 e. The minimum atomic E-state index is -1.30. The van der Waals surface area contributed by atoms with Crippen molar-refractivity contribution < 1.29 is 0 Å². The summed E-state index contributed by atoms with van der Waals surface area (Å²) in [6.45, 7) is 9.82. The number of hydrogen-bond donors (Lipinski definition) is 0. The third-order valence-corrected chi connectivity index (χ3v) is 17.5. The standard InChI is InChI=1S/C29H44Si/c1-5-20-12-9-14-24-26(20)18-22(7-3)28(24)30(16-11-17-30)29-23(8-4)19-27-21(6-2)13-10-15-25(27)29/h9-10,12-15,22-29H,5-8,11,16-19H2,1-4H3. The molecule has 164 valence electrons. The van der Waals surface area contributed by atoms with Gasteiger partial charge in [0.15, 0.2) is 0 Å². The van der Waals surface area contributed by atoms with Crippen LogP contribution in [0.3, 0.4) is 0 Å². The first-order valence-corrected chi connectivity index (χ1v) is 16.0. The average Bonchev–Trinajstić information content (AvgIpc) is 3.32. The molecule has 4 aliphatic carbocycles. The van der Waals surface area contributed by atoms with Gasteiger partial charge < -0.3 is 0 Å². The Bertz CT molecular complexity index is 703. The first-order chi connectivity index (χ1) is 14.7. The summed E-state index contributed by atoms with van der Waals surface area (Å²) < 4.78 is 0. The highest BCUT2D eigenvalue weighted by Crippen LogP contribution is 2.69. The summed E-state index contributed by atoms with van der Waals surface area (Å²) in [6, 6.07) is 3.31. The predicted octanol–water partition coefficient (Wildman–Crippen LogP) is 8.72. The van der Waals surface area contributed by atoms with Gasteiger partial charge in [0.25, 0.3) is 0 Å². The monoisotopic (exact) mass is 420 g/mol. The van der Waals surface area contributed by atoms with Crippen LogP contribution in [0.25, 0.3) is 0 Å². The molecular formula is C29H44Si. The molecule has 0 aromatic heterocycles. The van der Waals surface area contributed by atoms with Gasteiger partial charge in [0.2, 0.25) is 0 Å². The van der Waals surface area contributed by atoms with Crippen molar-refractivity contribution in [3.05, 3.63) is 47.6 Å². The lowest BCUT2D eigenvalue weighted by Crippen LogP contribution is -2.56. The van der Waals surface area contributed by atoms with Gasteiger partial charge >= 0.3 is 0 Å². The zero-order valence-corrected chi connectivity index (χ0v) is 20.9. The lowest BCUT2D eigenvalue weighted by Gasteiger charge is -2.56.